The largest absolute Gasteiger partial charge is 0.465 e. The van der Waals surface area contributed by atoms with Crippen LogP contribution in [0.3, 0.4) is 0 Å². The third kappa shape index (κ3) is 3.94. The van der Waals surface area contributed by atoms with Crippen molar-refractivity contribution in [3.05, 3.63) is 64.5 Å². The molecule has 3 aromatic rings. The van der Waals surface area contributed by atoms with E-state index in [0.29, 0.717) is 10.4 Å². The Kier molecular flexibility index (Phi) is 5.80. The van der Waals surface area contributed by atoms with E-state index in [1.165, 1.54) is 47.0 Å². The van der Waals surface area contributed by atoms with Crippen molar-refractivity contribution in [2.75, 3.05) is 26.8 Å². The number of amides is 1. The maximum atomic E-state index is 13.3. The number of methoxy groups -OCH3 is 1. The van der Waals surface area contributed by atoms with Crippen LogP contribution in [0.1, 0.15) is 31.7 Å². The first-order chi connectivity index (χ1) is 14.8. The van der Waals surface area contributed by atoms with E-state index >= 15 is 0 Å². The Morgan fingerprint density at radius 2 is 1.97 bits per heavy atom. The smallest absolute Gasteiger partial charge is 0.337 e. The van der Waals surface area contributed by atoms with Gasteiger partial charge in [0.1, 0.15) is 0 Å². The van der Waals surface area contributed by atoms with Gasteiger partial charge in [0.2, 0.25) is 10.0 Å². The van der Waals surface area contributed by atoms with Crippen LogP contribution in [-0.4, -0.2) is 51.4 Å². The van der Waals surface area contributed by atoms with Crippen LogP contribution in [0.25, 0.3) is 10.1 Å². The Morgan fingerprint density at radius 3 is 2.71 bits per heavy atom. The second kappa shape index (κ2) is 8.39. The number of esters is 1. The molecule has 1 amide bonds. The molecule has 162 valence electrons. The molecule has 0 radical (unpaired) electrons. The van der Waals surface area contributed by atoms with Crippen LogP contribution in [0.4, 0.5) is 0 Å². The summed E-state index contributed by atoms with van der Waals surface area (Å²) in [4.78, 5) is 24.2. The Labute approximate surface area is 183 Å². The predicted molar refractivity (Wildman–Crippen MR) is 116 cm³/mol. The highest BCUT2D eigenvalue weighted by Gasteiger charge is 2.35. The molecule has 2 N–H and O–H groups in total. The van der Waals surface area contributed by atoms with Gasteiger partial charge in [-0.1, -0.05) is 24.3 Å². The zero-order valence-electron chi connectivity index (χ0n) is 16.6. The number of rotatable bonds is 5. The fourth-order valence-electron chi connectivity index (χ4n) is 3.64. The normalized spacial score (nSPS) is 17.5. The molecule has 1 aromatic heterocycles. The van der Waals surface area contributed by atoms with E-state index in [2.05, 4.69) is 4.74 Å². The Balaban J connectivity index is 1.70. The van der Waals surface area contributed by atoms with Crippen molar-refractivity contribution >= 4 is 43.3 Å². The second-order valence-electron chi connectivity index (χ2n) is 6.95. The number of ether oxygens (including phenoxy) is 2. The van der Waals surface area contributed by atoms with Gasteiger partial charge in [-0.2, -0.15) is 4.31 Å². The van der Waals surface area contributed by atoms with Gasteiger partial charge in [-0.15, -0.1) is 11.3 Å². The highest BCUT2D eigenvalue weighted by Crippen LogP contribution is 2.38. The van der Waals surface area contributed by atoms with Gasteiger partial charge in [0.05, 0.1) is 35.2 Å². The summed E-state index contributed by atoms with van der Waals surface area (Å²) < 4.78 is 39.3. The molecule has 2 heterocycles. The minimum absolute atomic E-state index is 0.0126. The summed E-state index contributed by atoms with van der Waals surface area (Å²) in [6.45, 7) is 0.323. The van der Waals surface area contributed by atoms with Gasteiger partial charge in [0, 0.05) is 23.4 Å². The first-order valence-electron chi connectivity index (χ1n) is 9.44. The lowest BCUT2D eigenvalue weighted by molar-refractivity contribution is -0.00189. The van der Waals surface area contributed by atoms with Crippen molar-refractivity contribution in [1.29, 1.82) is 0 Å². The van der Waals surface area contributed by atoms with Crippen LogP contribution < -0.4 is 5.73 Å². The lowest BCUT2D eigenvalue weighted by Gasteiger charge is -2.32. The first-order valence-corrected chi connectivity index (χ1v) is 11.7. The van der Waals surface area contributed by atoms with Gasteiger partial charge >= 0.3 is 5.97 Å². The van der Waals surface area contributed by atoms with Crippen molar-refractivity contribution < 1.29 is 27.5 Å². The van der Waals surface area contributed by atoms with Crippen LogP contribution in [-0.2, 0) is 19.5 Å². The number of carbonyl (C=O) groups excluding carboxylic acids is 2. The predicted octanol–water partition coefficient (Wildman–Crippen LogP) is 2.55. The Bertz CT molecular complexity index is 1270. The molecule has 1 saturated heterocycles. The molecular weight excluding hydrogens is 440 g/mol. The van der Waals surface area contributed by atoms with Gasteiger partial charge in [-0.3, -0.25) is 4.79 Å². The quantitative estimate of drug-likeness (QED) is 0.585. The number of primary amides is 1. The van der Waals surface area contributed by atoms with Gasteiger partial charge in [-0.25, -0.2) is 13.2 Å². The first kappa shape index (κ1) is 21.4. The fraction of sp³-hybridized carbons (Fsp3) is 0.238. The van der Waals surface area contributed by atoms with Crippen LogP contribution >= 0.6 is 11.3 Å². The Hall–Kier alpha value is -2.79. The number of fused-ring (bicyclic) bond motifs is 1. The number of hydrogen-bond donors (Lipinski definition) is 1. The molecule has 1 atom stereocenters. The molecule has 4 rings (SSSR count). The number of sulfonamides is 1. The van der Waals surface area contributed by atoms with Crippen LogP contribution in [0, 0.1) is 0 Å². The van der Waals surface area contributed by atoms with E-state index in [4.69, 9.17) is 10.5 Å². The number of nitrogens with two attached hydrogens (primary N) is 1. The lowest BCUT2D eigenvalue weighted by Crippen LogP contribution is -2.42. The van der Waals surface area contributed by atoms with E-state index in [1.54, 1.807) is 0 Å². The van der Waals surface area contributed by atoms with Gasteiger partial charge < -0.3 is 15.2 Å². The number of carbonyl (C=O) groups is 2. The number of benzene rings is 2. The molecule has 1 aliphatic rings. The monoisotopic (exact) mass is 460 g/mol. The molecule has 1 fully saturated rings. The van der Waals surface area contributed by atoms with Crippen LogP contribution in [0.5, 0.6) is 0 Å². The summed E-state index contributed by atoms with van der Waals surface area (Å²) in [5, 5.41) is 0.818. The maximum Gasteiger partial charge on any atom is 0.337 e. The summed E-state index contributed by atoms with van der Waals surface area (Å²) >= 11 is 1.26. The Morgan fingerprint density at radius 1 is 1.19 bits per heavy atom. The topological polar surface area (TPSA) is 116 Å². The summed E-state index contributed by atoms with van der Waals surface area (Å²) in [6.07, 6.45) is -0.647. The number of nitrogens with zero attached hydrogens (tertiary/aromatic N) is 1. The number of morpholine rings is 1. The van der Waals surface area contributed by atoms with E-state index in [1.807, 2.05) is 24.3 Å². The summed E-state index contributed by atoms with van der Waals surface area (Å²) in [5.41, 5.74) is 6.35. The van der Waals surface area contributed by atoms with E-state index < -0.39 is 28.0 Å². The molecule has 0 spiro atoms. The van der Waals surface area contributed by atoms with E-state index in [9.17, 15) is 18.0 Å². The summed E-state index contributed by atoms with van der Waals surface area (Å²) in [7, 11) is -2.67. The highest BCUT2D eigenvalue weighted by atomic mass is 32.2. The van der Waals surface area contributed by atoms with Gasteiger partial charge in [0.25, 0.3) is 5.91 Å². The van der Waals surface area contributed by atoms with Crippen molar-refractivity contribution in [3.63, 3.8) is 0 Å². The average molecular weight is 461 g/mol. The van der Waals surface area contributed by atoms with Crippen molar-refractivity contribution in [1.82, 2.24) is 4.31 Å². The molecule has 8 nitrogen and oxygen atoms in total. The van der Waals surface area contributed by atoms with Crippen LogP contribution in [0.15, 0.2) is 53.4 Å². The number of thiophene rings is 1. The third-order valence-corrected chi connectivity index (χ3v) is 8.16. The van der Waals surface area contributed by atoms with E-state index in [-0.39, 0.29) is 30.2 Å². The molecule has 10 heteroatoms. The summed E-state index contributed by atoms with van der Waals surface area (Å²) in [5.74, 6) is -1.20. The minimum Gasteiger partial charge on any atom is -0.465 e. The summed E-state index contributed by atoms with van der Waals surface area (Å²) in [6, 6.07) is 13.2. The van der Waals surface area contributed by atoms with Gasteiger partial charge in [-0.05, 0) is 29.7 Å². The molecule has 0 saturated carbocycles. The lowest BCUT2D eigenvalue weighted by atomic mass is 10.0. The molecule has 1 aliphatic heterocycles. The van der Waals surface area contributed by atoms with Gasteiger partial charge in [0.15, 0.2) is 0 Å². The minimum atomic E-state index is -3.90. The fourth-order valence-corrected chi connectivity index (χ4v) is 6.21. The third-order valence-electron chi connectivity index (χ3n) is 5.10. The SMILES string of the molecule is COC(=O)c1cccc(S(=O)(=O)N2CCOC(c3c(C(N)=O)sc4ccccc34)C2)c1. The second-order valence-corrected chi connectivity index (χ2v) is 9.94. The highest BCUT2D eigenvalue weighted by molar-refractivity contribution is 7.89. The molecule has 1 unspecified atom stereocenters. The number of hydrogen-bond acceptors (Lipinski definition) is 7. The van der Waals surface area contributed by atoms with E-state index in [0.717, 1.165) is 10.1 Å². The zero-order valence-corrected chi connectivity index (χ0v) is 18.2. The van der Waals surface area contributed by atoms with Crippen molar-refractivity contribution in [3.8, 4) is 0 Å². The molecule has 0 bridgehead atoms. The van der Waals surface area contributed by atoms with Crippen molar-refractivity contribution in [2.24, 2.45) is 5.73 Å². The molecule has 2 aromatic carbocycles. The molecule has 31 heavy (non-hydrogen) atoms. The average Bonchev–Trinajstić information content (AvgIpc) is 3.19. The molecule has 0 aliphatic carbocycles. The molecular formula is C21H20N2O6S2. The van der Waals surface area contributed by atoms with Crippen molar-refractivity contribution in [2.45, 2.75) is 11.0 Å². The zero-order chi connectivity index (χ0) is 22.2. The standard InChI is InChI=1S/C21H20N2O6S2/c1-28-21(25)13-5-4-6-14(11-13)31(26,27)23-9-10-29-16(12-23)18-15-7-2-3-8-17(15)30-19(18)20(22)24/h2-8,11,16H,9-10,12H2,1H3,(H2,22,24). The van der Waals surface area contributed by atoms with Crippen LogP contribution in [0.2, 0.25) is 0 Å². The maximum absolute atomic E-state index is 13.3.